The van der Waals surface area contributed by atoms with Crippen molar-refractivity contribution in [2.75, 3.05) is 13.1 Å². The minimum absolute atomic E-state index is 0.488. The topological polar surface area (TPSA) is 3.24 Å². The van der Waals surface area contributed by atoms with Gasteiger partial charge in [0.05, 0.1) is 0 Å². The number of hydrogen-bond acceptors (Lipinski definition) is 1. The van der Waals surface area contributed by atoms with E-state index in [0.29, 0.717) is 11.0 Å². The summed E-state index contributed by atoms with van der Waals surface area (Å²) in [5, 5.41) is 0. The van der Waals surface area contributed by atoms with E-state index in [1.165, 1.54) is 51.6 Å². The number of hydrogen-bond donors (Lipinski definition) is 0. The molecule has 0 aromatic carbocycles. The van der Waals surface area contributed by atoms with Crippen LogP contribution >= 0.6 is 0 Å². The van der Waals surface area contributed by atoms with Crippen molar-refractivity contribution in [2.24, 2.45) is 11.3 Å². The summed E-state index contributed by atoms with van der Waals surface area (Å²) in [7, 11) is 0. The van der Waals surface area contributed by atoms with E-state index in [2.05, 4.69) is 32.6 Å². The Labute approximate surface area is 102 Å². The van der Waals surface area contributed by atoms with Crippen LogP contribution in [0.4, 0.5) is 0 Å². The van der Waals surface area contributed by atoms with E-state index in [0.717, 1.165) is 5.92 Å². The van der Waals surface area contributed by atoms with Crippen LogP contribution in [-0.4, -0.2) is 23.5 Å². The van der Waals surface area contributed by atoms with Gasteiger partial charge in [-0.05, 0) is 63.5 Å². The largest absolute Gasteiger partial charge is 0.298 e. The molecule has 0 aromatic heterocycles. The highest BCUT2D eigenvalue weighted by Crippen LogP contribution is 2.46. The van der Waals surface area contributed by atoms with Crippen LogP contribution in [0, 0.1) is 11.3 Å². The summed E-state index contributed by atoms with van der Waals surface area (Å²) in [6, 6.07) is 0. The first-order valence-corrected chi connectivity index (χ1v) is 7.16. The van der Waals surface area contributed by atoms with Gasteiger partial charge in [0.1, 0.15) is 0 Å². The Morgan fingerprint density at radius 2 is 1.56 bits per heavy atom. The molecule has 2 unspecified atom stereocenters. The predicted octanol–water partition coefficient (Wildman–Crippen LogP) is 4.08. The van der Waals surface area contributed by atoms with Crippen LogP contribution in [0.3, 0.4) is 0 Å². The Balaban J connectivity index is 2.09. The summed E-state index contributed by atoms with van der Waals surface area (Å²) in [6.07, 6.45) is 8.51. The molecule has 1 heterocycles. The summed E-state index contributed by atoms with van der Waals surface area (Å²) in [4.78, 5) is 2.80. The van der Waals surface area contributed by atoms with E-state index in [4.69, 9.17) is 0 Å². The lowest BCUT2D eigenvalue weighted by Crippen LogP contribution is -2.54. The molecule has 0 bridgehead atoms. The normalized spacial score (nSPS) is 40.9. The number of nitrogens with zero attached hydrogens (tertiary/aromatic N) is 1. The zero-order valence-corrected chi connectivity index (χ0v) is 11.7. The molecular formula is C15H29N. The van der Waals surface area contributed by atoms with Gasteiger partial charge in [0, 0.05) is 5.54 Å². The van der Waals surface area contributed by atoms with Crippen LogP contribution in [0.15, 0.2) is 0 Å². The smallest absolute Gasteiger partial charge is 0.0189 e. The lowest BCUT2D eigenvalue weighted by Gasteiger charge is -2.52. The Hall–Kier alpha value is -0.0400. The second-order valence-electron chi connectivity index (χ2n) is 7.40. The van der Waals surface area contributed by atoms with Crippen LogP contribution in [0.25, 0.3) is 0 Å². The van der Waals surface area contributed by atoms with Gasteiger partial charge < -0.3 is 0 Å². The predicted molar refractivity (Wildman–Crippen MR) is 70.6 cm³/mol. The van der Waals surface area contributed by atoms with E-state index in [1.54, 1.807) is 0 Å². The third-order valence-electron chi connectivity index (χ3n) is 4.67. The summed E-state index contributed by atoms with van der Waals surface area (Å²) in [5.74, 6) is 0.899. The van der Waals surface area contributed by atoms with Crippen LogP contribution in [0.1, 0.15) is 66.2 Å². The van der Waals surface area contributed by atoms with Crippen molar-refractivity contribution in [3.8, 4) is 0 Å². The van der Waals surface area contributed by atoms with Gasteiger partial charge in [-0.3, -0.25) is 4.90 Å². The molecule has 2 atom stereocenters. The molecule has 2 fully saturated rings. The van der Waals surface area contributed by atoms with Crippen molar-refractivity contribution >= 4 is 0 Å². The molecule has 1 nitrogen and oxygen atoms in total. The van der Waals surface area contributed by atoms with E-state index in [9.17, 15) is 0 Å². The molecule has 0 N–H and O–H groups in total. The first-order valence-electron chi connectivity index (χ1n) is 7.16. The molecule has 2 rings (SSSR count). The number of likely N-dealkylation sites (tertiary alicyclic amines) is 1. The molecule has 0 spiro atoms. The zero-order valence-electron chi connectivity index (χ0n) is 11.7. The minimum atomic E-state index is 0.488. The van der Waals surface area contributed by atoms with Gasteiger partial charge in [-0.25, -0.2) is 0 Å². The maximum atomic E-state index is 2.80. The van der Waals surface area contributed by atoms with Crippen molar-refractivity contribution in [1.82, 2.24) is 4.90 Å². The lowest BCUT2D eigenvalue weighted by atomic mass is 9.64. The third-order valence-corrected chi connectivity index (χ3v) is 4.67. The van der Waals surface area contributed by atoms with E-state index in [1.807, 2.05) is 0 Å². The van der Waals surface area contributed by atoms with Crippen molar-refractivity contribution < 1.29 is 0 Å². The molecule has 1 aliphatic heterocycles. The standard InChI is InChI=1S/C15H29N/c1-13-10-14(2,3)12-15(4,11-13)16-8-6-5-7-9-16/h13H,5-12H2,1-4H3. The van der Waals surface area contributed by atoms with Crippen molar-refractivity contribution in [3.63, 3.8) is 0 Å². The number of rotatable bonds is 1. The number of piperidine rings is 1. The van der Waals surface area contributed by atoms with Gasteiger partial charge in [0.2, 0.25) is 0 Å². The van der Waals surface area contributed by atoms with Crippen molar-refractivity contribution in [2.45, 2.75) is 71.8 Å². The van der Waals surface area contributed by atoms with E-state index >= 15 is 0 Å². The Morgan fingerprint density at radius 1 is 0.938 bits per heavy atom. The summed E-state index contributed by atoms with van der Waals surface area (Å²) >= 11 is 0. The lowest BCUT2D eigenvalue weighted by molar-refractivity contribution is -0.0147. The van der Waals surface area contributed by atoms with Crippen LogP contribution in [0.5, 0.6) is 0 Å². The van der Waals surface area contributed by atoms with Gasteiger partial charge in [0.15, 0.2) is 0 Å². The molecule has 1 heteroatoms. The third kappa shape index (κ3) is 2.61. The molecule has 94 valence electrons. The maximum Gasteiger partial charge on any atom is 0.0189 e. The molecule has 2 aliphatic rings. The molecule has 0 radical (unpaired) electrons. The first-order chi connectivity index (χ1) is 7.41. The molecule has 16 heavy (non-hydrogen) atoms. The van der Waals surface area contributed by atoms with Crippen LogP contribution in [0.2, 0.25) is 0 Å². The van der Waals surface area contributed by atoms with Gasteiger partial charge in [-0.1, -0.05) is 27.2 Å². The second-order valence-corrected chi connectivity index (χ2v) is 7.40. The SMILES string of the molecule is CC1CC(C)(C)CC(C)(N2CCCCC2)C1. The Kier molecular flexibility index (Phi) is 3.36. The zero-order chi connectivity index (χ0) is 11.8. The monoisotopic (exact) mass is 223 g/mol. The average molecular weight is 223 g/mol. The van der Waals surface area contributed by atoms with Crippen LogP contribution in [-0.2, 0) is 0 Å². The van der Waals surface area contributed by atoms with E-state index < -0.39 is 0 Å². The Bertz CT molecular complexity index is 240. The minimum Gasteiger partial charge on any atom is -0.298 e. The van der Waals surface area contributed by atoms with Gasteiger partial charge >= 0.3 is 0 Å². The highest BCUT2D eigenvalue weighted by atomic mass is 15.2. The fourth-order valence-electron chi connectivity index (χ4n) is 4.62. The second kappa shape index (κ2) is 4.33. The highest BCUT2D eigenvalue weighted by molar-refractivity contribution is 4.98. The summed E-state index contributed by atoms with van der Waals surface area (Å²) in [5.41, 5.74) is 1.03. The van der Waals surface area contributed by atoms with Gasteiger partial charge in [-0.15, -0.1) is 0 Å². The molecule has 1 aliphatic carbocycles. The first kappa shape index (κ1) is 12.4. The van der Waals surface area contributed by atoms with Crippen molar-refractivity contribution in [1.29, 1.82) is 0 Å². The van der Waals surface area contributed by atoms with Crippen molar-refractivity contribution in [3.05, 3.63) is 0 Å². The maximum absolute atomic E-state index is 2.80. The Morgan fingerprint density at radius 3 is 2.12 bits per heavy atom. The molecule has 0 amide bonds. The fraction of sp³-hybridized carbons (Fsp3) is 1.00. The molecule has 1 saturated heterocycles. The van der Waals surface area contributed by atoms with Gasteiger partial charge in [0.25, 0.3) is 0 Å². The summed E-state index contributed by atoms with van der Waals surface area (Å²) < 4.78 is 0. The molecular weight excluding hydrogens is 194 g/mol. The van der Waals surface area contributed by atoms with Gasteiger partial charge in [-0.2, -0.15) is 0 Å². The summed E-state index contributed by atoms with van der Waals surface area (Å²) in [6.45, 7) is 12.6. The molecule has 0 aromatic rings. The fourth-order valence-corrected chi connectivity index (χ4v) is 4.62. The molecule has 1 saturated carbocycles. The quantitative estimate of drug-likeness (QED) is 0.647. The van der Waals surface area contributed by atoms with E-state index in [-0.39, 0.29) is 0 Å². The average Bonchev–Trinajstić information content (AvgIpc) is 2.15. The highest BCUT2D eigenvalue weighted by Gasteiger charge is 2.43. The van der Waals surface area contributed by atoms with Crippen LogP contribution < -0.4 is 0 Å².